The second kappa shape index (κ2) is 12.4. The van der Waals surface area contributed by atoms with Crippen LogP contribution in [0.1, 0.15) is 116 Å². The van der Waals surface area contributed by atoms with Gasteiger partial charge in [0.2, 0.25) is 0 Å². The highest BCUT2D eigenvalue weighted by atomic mass is 15.2. The maximum Gasteiger partial charge on any atom is 0.171 e. The van der Waals surface area contributed by atoms with E-state index in [-0.39, 0.29) is 0 Å². The molecule has 2 rings (SSSR count). The van der Waals surface area contributed by atoms with E-state index in [1.807, 2.05) is 0 Å². The highest BCUT2D eigenvalue weighted by Gasteiger charge is 2.14. The van der Waals surface area contributed by atoms with Gasteiger partial charge in [-0.25, -0.2) is 0 Å². The molecular weight excluding hydrogens is 292 g/mol. The first kappa shape index (κ1) is 19.4. The minimum atomic E-state index is 1.04. The van der Waals surface area contributed by atoms with Crippen molar-refractivity contribution in [1.82, 2.24) is 0 Å². The Labute approximate surface area is 149 Å². The van der Waals surface area contributed by atoms with Crippen LogP contribution in [0.2, 0.25) is 0 Å². The average Bonchev–Trinajstić information content (AvgIpc) is 2.70. The molecule has 2 nitrogen and oxygen atoms in total. The number of nitrogens with zero attached hydrogens (tertiary/aromatic N) is 2. The molecule has 0 aliphatic heterocycles. The molecule has 0 saturated heterocycles. The highest BCUT2D eigenvalue weighted by Crippen LogP contribution is 2.23. The van der Waals surface area contributed by atoms with Crippen LogP contribution in [0.15, 0.2) is 23.5 Å². The number of allylic oxidation sites excluding steroid dienone is 4. The molecule has 0 fully saturated rings. The van der Waals surface area contributed by atoms with Gasteiger partial charge in [-0.3, -0.25) is 4.70 Å². The van der Waals surface area contributed by atoms with E-state index in [0.717, 1.165) is 37.1 Å². The molecule has 0 unspecified atom stereocenters. The van der Waals surface area contributed by atoms with E-state index in [0.29, 0.717) is 0 Å². The van der Waals surface area contributed by atoms with Gasteiger partial charge in [0, 0.05) is 12.8 Å². The first-order chi connectivity index (χ1) is 11.9. The molecule has 2 aliphatic carbocycles. The molecular formula is C22H38N2. The monoisotopic (exact) mass is 330 g/mol. The smallest absolute Gasteiger partial charge is 0.171 e. The Bertz CT molecular complexity index is 382. The van der Waals surface area contributed by atoms with E-state index >= 15 is 0 Å². The molecule has 0 aromatic rings. The topological polar surface area (TPSA) is 25.3 Å². The third kappa shape index (κ3) is 7.77. The van der Waals surface area contributed by atoms with E-state index in [4.69, 9.17) is 0 Å². The van der Waals surface area contributed by atoms with Crippen molar-refractivity contribution in [2.45, 2.75) is 116 Å². The van der Waals surface area contributed by atoms with Gasteiger partial charge in [0.1, 0.15) is 0 Å². The normalized spacial score (nSPS) is 23.2. The van der Waals surface area contributed by atoms with E-state index in [2.05, 4.69) is 12.2 Å². The minimum Gasteiger partial charge on any atom is -0.494 e. The predicted molar refractivity (Wildman–Crippen MR) is 103 cm³/mol. The zero-order valence-corrected chi connectivity index (χ0v) is 15.8. The lowest BCUT2D eigenvalue weighted by molar-refractivity contribution is -0.452. The van der Waals surface area contributed by atoms with Crippen LogP contribution in [0, 0.1) is 0 Å². The fraction of sp³-hybridized carbons (Fsp3) is 0.818. The lowest BCUT2D eigenvalue weighted by Crippen LogP contribution is -2.08. The predicted octanol–water partition coefficient (Wildman–Crippen LogP) is 7.84. The lowest BCUT2D eigenvalue weighted by Gasteiger charge is -2.13. The maximum atomic E-state index is 10.9. The molecule has 0 radical (unpaired) electrons. The zero-order chi connectivity index (χ0) is 16.9. The van der Waals surface area contributed by atoms with Crippen molar-refractivity contribution in [1.29, 1.82) is 0 Å². The Hall–Kier alpha value is -0.920. The van der Waals surface area contributed by atoms with Crippen molar-refractivity contribution in [3.8, 4) is 0 Å². The zero-order valence-electron chi connectivity index (χ0n) is 15.8. The van der Waals surface area contributed by atoms with Crippen LogP contribution in [0.5, 0.6) is 0 Å². The van der Waals surface area contributed by atoms with E-state index in [9.17, 15) is 5.53 Å². The summed E-state index contributed by atoms with van der Waals surface area (Å²) in [5, 5.41) is 0. The Morgan fingerprint density at radius 1 is 0.500 bits per heavy atom. The van der Waals surface area contributed by atoms with E-state index < -0.39 is 0 Å². The number of rotatable bonds is 2. The summed E-state index contributed by atoms with van der Waals surface area (Å²) in [6.07, 6.45) is 27.5. The molecule has 136 valence electrons. The summed E-state index contributed by atoms with van der Waals surface area (Å²) in [6.45, 7) is 0. The lowest BCUT2D eigenvalue weighted by atomic mass is 10.1. The molecule has 0 spiro atoms. The molecule has 0 amide bonds. The van der Waals surface area contributed by atoms with Gasteiger partial charge in [-0.15, -0.1) is 0 Å². The van der Waals surface area contributed by atoms with Crippen molar-refractivity contribution < 1.29 is 4.70 Å². The Morgan fingerprint density at radius 2 is 0.833 bits per heavy atom. The Balaban J connectivity index is 1.99. The van der Waals surface area contributed by atoms with Crippen molar-refractivity contribution in [2.75, 3.05) is 0 Å². The van der Waals surface area contributed by atoms with Crippen LogP contribution >= 0.6 is 0 Å². The van der Waals surface area contributed by atoms with Crippen LogP contribution in [-0.4, -0.2) is 4.70 Å². The van der Waals surface area contributed by atoms with Crippen LogP contribution < -0.4 is 0 Å². The Kier molecular flexibility index (Phi) is 10.1. The first-order valence-corrected chi connectivity index (χ1v) is 10.7. The van der Waals surface area contributed by atoms with Gasteiger partial charge in [0.05, 0.1) is 0 Å². The molecule has 0 aromatic heterocycles. The fourth-order valence-electron chi connectivity index (χ4n) is 3.98. The van der Waals surface area contributed by atoms with Gasteiger partial charge >= 0.3 is 0 Å². The number of hydrogen-bond donors (Lipinski definition) is 0. The molecule has 24 heavy (non-hydrogen) atoms. The van der Waals surface area contributed by atoms with Crippen molar-refractivity contribution in [3.05, 3.63) is 29.1 Å². The summed E-state index contributed by atoms with van der Waals surface area (Å²) < 4.78 is 1.58. The molecule has 0 heterocycles. The minimum absolute atomic E-state index is 1.04. The van der Waals surface area contributed by atoms with Crippen molar-refractivity contribution in [2.24, 2.45) is 0 Å². The largest absolute Gasteiger partial charge is 0.494 e. The highest BCUT2D eigenvalue weighted by molar-refractivity contribution is 5.00. The van der Waals surface area contributed by atoms with Crippen LogP contribution in [0.4, 0.5) is 0 Å². The fourth-order valence-corrected chi connectivity index (χ4v) is 3.98. The first-order valence-electron chi connectivity index (χ1n) is 10.7. The summed E-state index contributed by atoms with van der Waals surface area (Å²) in [4.78, 5) is 0. The summed E-state index contributed by atoms with van der Waals surface area (Å²) in [5.74, 6) is 0. The van der Waals surface area contributed by atoms with Gasteiger partial charge < -0.3 is 5.53 Å². The standard InChI is InChI=1S/C22H38N2/c23-24(21-17-13-9-5-1-2-6-10-14-18-21)22-19-15-11-7-3-4-8-12-16-20-22/h17,19H,1-16,18,20H2. The summed E-state index contributed by atoms with van der Waals surface area (Å²) in [6, 6.07) is 0. The Morgan fingerprint density at radius 3 is 1.25 bits per heavy atom. The molecule has 2 heteroatoms. The molecule has 0 N–H and O–H groups in total. The van der Waals surface area contributed by atoms with Gasteiger partial charge in [-0.05, 0) is 50.7 Å². The molecule has 2 aliphatic rings. The summed E-state index contributed by atoms with van der Waals surface area (Å²) >= 11 is 0. The molecule has 0 saturated carbocycles. The van der Waals surface area contributed by atoms with Gasteiger partial charge in [0.25, 0.3) is 0 Å². The van der Waals surface area contributed by atoms with Crippen LogP contribution in [0.25, 0.3) is 5.53 Å². The quantitative estimate of drug-likeness (QED) is 0.364. The third-order valence-corrected chi connectivity index (χ3v) is 5.58. The SMILES string of the molecule is [N-]=[N+](C1=CCCCCCCCCC1)C1=CCCCCCCCCC1. The molecule has 0 atom stereocenters. The van der Waals surface area contributed by atoms with Gasteiger partial charge in [0.15, 0.2) is 11.4 Å². The van der Waals surface area contributed by atoms with Crippen molar-refractivity contribution in [3.63, 3.8) is 0 Å². The second-order valence-corrected chi connectivity index (χ2v) is 7.73. The van der Waals surface area contributed by atoms with E-state index in [1.165, 1.54) is 89.9 Å². The van der Waals surface area contributed by atoms with Crippen LogP contribution in [-0.2, 0) is 0 Å². The van der Waals surface area contributed by atoms with Gasteiger partial charge in [-0.1, -0.05) is 64.2 Å². The summed E-state index contributed by atoms with van der Waals surface area (Å²) in [7, 11) is 0. The third-order valence-electron chi connectivity index (χ3n) is 5.58. The molecule has 0 bridgehead atoms. The van der Waals surface area contributed by atoms with Crippen molar-refractivity contribution >= 4 is 0 Å². The maximum absolute atomic E-state index is 10.9. The van der Waals surface area contributed by atoms with E-state index in [1.54, 1.807) is 4.70 Å². The molecule has 0 aromatic carbocycles. The number of hydrogen-bond acceptors (Lipinski definition) is 0. The average molecular weight is 331 g/mol. The second-order valence-electron chi connectivity index (χ2n) is 7.73. The summed E-state index contributed by atoms with van der Waals surface area (Å²) in [5.41, 5.74) is 13.2. The van der Waals surface area contributed by atoms with Gasteiger partial charge in [-0.2, -0.15) is 0 Å². The van der Waals surface area contributed by atoms with Crippen LogP contribution in [0.3, 0.4) is 0 Å².